The minimum Gasteiger partial charge on any atom is -0.466 e. The number of rotatable bonds is 3. The number of esters is 1. The lowest BCUT2D eigenvalue weighted by Gasteiger charge is -2.16. The molecule has 1 atom stereocenters. The summed E-state index contributed by atoms with van der Waals surface area (Å²) in [6.07, 6.45) is 1.62. The van der Waals surface area contributed by atoms with Crippen molar-refractivity contribution in [2.45, 2.75) is 39.2 Å². The van der Waals surface area contributed by atoms with Gasteiger partial charge in [-0.15, -0.1) is 0 Å². The quantitative estimate of drug-likeness (QED) is 0.674. The minimum absolute atomic E-state index is 0.0630. The Kier molecular flexibility index (Phi) is 3.31. The van der Waals surface area contributed by atoms with E-state index in [-0.39, 0.29) is 11.5 Å². The summed E-state index contributed by atoms with van der Waals surface area (Å²) in [6.45, 7) is 7.60. The molecule has 0 saturated carbocycles. The molecule has 0 amide bonds. The SMILES string of the molecule is CCOC(=O)CC1CNC(C)(C)C1. The third kappa shape index (κ3) is 3.35. The molecule has 0 aromatic rings. The molecule has 0 aromatic carbocycles. The van der Waals surface area contributed by atoms with Crippen LogP contribution in [0.15, 0.2) is 0 Å². The van der Waals surface area contributed by atoms with Gasteiger partial charge in [0, 0.05) is 12.0 Å². The molecule has 0 aromatic heterocycles. The Morgan fingerprint density at radius 1 is 1.62 bits per heavy atom. The second kappa shape index (κ2) is 4.09. The Morgan fingerprint density at radius 2 is 2.31 bits per heavy atom. The maximum Gasteiger partial charge on any atom is 0.306 e. The fraction of sp³-hybridized carbons (Fsp3) is 0.900. The van der Waals surface area contributed by atoms with Crippen molar-refractivity contribution in [3.05, 3.63) is 0 Å². The molecular weight excluding hydrogens is 166 g/mol. The standard InChI is InChI=1S/C10H19NO2/c1-4-13-9(12)5-8-6-10(2,3)11-7-8/h8,11H,4-7H2,1-3H3. The van der Waals surface area contributed by atoms with E-state index < -0.39 is 0 Å². The van der Waals surface area contributed by atoms with Gasteiger partial charge in [-0.2, -0.15) is 0 Å². The summed E-state index contributed by atoms with van der Waals surface area (Å²) >= 11 is 0. The predicted octanol–water partition coefficient (Wildman–Crippen LogP) is 1.33. The van der Waals surface area contributed by atoms with Crippen LogP contribution in [0.3, 0.4) is 0 Å². The summed E-state index contributed by atoms with van der Waals surface area (Å²) < 4.78 is 4.91. The van der Waals surface area contributed by atoms with E-state index in [0.29, 0.717) is 18.9 Å². The lowest BCUT2D eigenvalue weighted by molar-refractivity contribution is -0.144. The Hall–Kier alpha value is -0.570. The smallest absolute Gasteiger partial charge is 0.306 e. The van der Waals surface area contributed by atoms with Crippen molar-refractivity contribution in [2.75, 3.05) is 13.2 Å². The van der Waals surface area contributed by atoms with Gasteiger partial charge in [0.2, 0.25) is 0 Å². The monoisotopic (exact) mass is 185 g/mol. The molecule has 1 saturated heterocycles. The first-order valence-corrected chi connectivity index (χ1v) is 4.94. The van der Waals surface area contributed by atoms with Gasteiger partial charge < -0.3 is 10.1 Å². The van der Waals surface area contributed by atoms with Gasteiger partial charge in [-0.3, -0.25) is 4.79 Å². The fourth-order valence-corrected chi connectivity index (χ4v) is 1.89. The summed E-state index contributed by atoms with van der Waals surface area (Å²) in [5, 5.41) is 3.39. The van der Waals surface area contributed by atoms with Crippen molar-refractivity contribution in [3.8, 4) is 0 Å². The van der Waals surface area contributed by atoms with Crippen LogP contribution >= 0.6 is 0 Å². The number of ether oxygens (including phenoxy) is 1. The first kappa shape index (κ1) is 10.5. The molecular formula is C10H19NO2. The van der Waals surface area contributed by atoms with E-state index in [2.05, 4.69) is 19.2 Å². The molecule has 13 heavy (non-hydrogen) atoms. The molecule has 76 valence electrons. The number of hydrogen-bond acceptors (Lipinski definition) is 3. The second-order valence-corrected chi connectivity index (χ2v) is 4.34. The lowest BCUT2D eigenvalue weighted by atomic mass is 9.95. The van der Waals surface area contributed by atoms with Gasteiger partial charge in [-0.05, 0) is 39.7 Å². The maximum atomic E-state index is 11.2. The maximum absolute atomic E-state index is 11.2. The highest BCUT2D eigenvalue weighted by atomic mass is 16.5. The Bertz CT molecular complexity index is 189. The summed E-state index contributed by atoms with van der Waals surface area (Å²) in [6, 6.07) is 0. The highest BCUT2D eigenvalue weighted by Crippen LogP contribution is 2.25. The van der Waals surface area contributed by atoms with Crippen molar-refractivity contribution in [2.24, 2.45) is 5.92 Å². The molecule has 1 aliphatic rings. The predicted molar refractivity (Wildman–Crippen MR) is 51.4 cm³/mol. The summed E-state index contributed by atoms with van der Waals surface area (Å²) in [4.78, 5) is 11.2. The van der Waals surface area contributed by atoms with Crippen LogP contribution in [0.1, 0.15) is 33.6 Å². The molecule has 1 fully saturated rings. The first-order chi connectivity index (χ1) is 6.03. The second-order valence-electron chi connectivity index (χ2n) is 4.34. The number of nitrogens with one attached hydrogen (secondary N) is 1. The van der Waals surface area contributed by atoms with Crippen molar-refractivity contribution in [1.29, 1.82) is 0 Å². The minimum atomic E-state index is -0.0630. The molecule has 0 spiro atoms. The van der Waals surface area contributed by atoms with E-state index >= 15 is 0 Å². The largest absolute Gasteiger partial charge is 0.466 e. The molecule has 1 rings (SSSR count). The van der Waals surface area contributed by atoms with E-state index in [4.69, 9.17) is 4.74 Å². The van der Waals surface area contributed by atoms with Crippen LogP contribution in [-0.4, -0.2) is 24.7 Å². The van der Waals surface area contributed by atoms with Gasteiger partial charge in [0.25, 0.3) is 0 Å². The van der Waals surface area contributed by atoms with E-state index in [0.717, 1.165) is 13.0 Å². The summed E-state index contributed by atoms with van der Waals surface area (Å²) in [7, 11) is 0. The zero-order valence-electron chi connectivity index (χ0n) is 8.72. The average Bonchev–Trinajstić information content (AvgIpc) is 2.30. The molecule has 0 bridgehead atoms. The molecule has 0 radical (unpaired) electrons. The van der Waals surface area contributed by atoms with Gasteiger partial charge in [0.1, 0.15) is 0 Å². The molecule has 1 heterocycles. The van der Waals surface area contributed by atoms with E-state index in [1.165, 1.54) is 0 Å². The highest BCUT2D eigenvalue weighted by molar-refractivity contribution is 5.69. The molecule has 0 aliphatic carbocycles. The molecule has 3 heteroatoms. The summed E-state index contributed by atoms with van der Waals surface area (Å²) in [5.74, 6) is 0.390. The van der Waals surface area contributed by atoms with E-state index in [1.54, 1.807) is 0 Å². The number of carbonyl (C=O) groups is 1. The zero-order chi connectivity index (χ0) is 9.90. The van der Waals surface area contributed by atoms with Gasteiger partial charge in [0.15, 0.2) is 0 Å². The van der Waals surface area contributed by atoms with Crippen molar-refractivity contribution < 1.29 is 9.53 Å². The molecule has 1 aliphatic heterocycles. The third-order valence-corrected chi connectivity index (χ3v) is 2.43. The van der Waals surface area contributed by atoms with E-state index in [1.807, 2.05) is 6.92 Å². The van der Waals surface area contributed by atoms with Crippen LogP contribution in [0.4, 0.5) is 0 Å². The number of carbonyl (C=O) groups excluding carboxylic acids is 1. The average molecular weight is 185 g/mol. The van der Waals surface area contributed by atoms with E-state index in [9.17, 15) is 4.79 Å². The Labute approximate surface area is 79.8 Å². The van der Waals surface area contributed by atoms with Crippen molar-refractivity contribution in [3.63, 3.8) is 0 Å². The Balaban J connectivity index is 2.28. The fourth-order valence-electron chi connectivity index (χ4n) is 1.89. The number of hydrogen-bond donors (Lipinski definition) is 1. The van der Waals surface area contributed by atoms with Crippen molar-refractivity contribution in [1.82, 2.24) is 5.32 Å². The van der Waals surface area contributed by atoms with Gasteiger partial charge >= 0.3 is 5.97 Å². The van der Waals surface area contributed by atoms with Gasteiger partial charge in [0.05, 0.1) is 6.61 Å². The van der Waals surface area contributed by atoms with Crippen LogP contribution in [-0.2, 0) is 9.53 Å². The van der Waals surface area contributed by atoms with Crippen molar-refractivity contribution >= 4 is 5.97 Å². The van der Waals surface area contributed by atoms with Crippen LogP contribution in [0.5, 0.6) is 0 Å². The van der Waals surface area contributed by atoms with Gasteiger partial charge in [-0.1, -0.05) is 0 Å². The third-order valence-electron chi connectivity index (χ3n) is 2.43. The summed E-state index contributed by atoms with van der Waals surface area (Å²) in [5.41, 5.74) is 0.192. The van der Waals surface area contributed by atoms with Crippen LogP contribution in [0.2, 0.25) is 0 Å². The first-order valence-electron chi connectivity index (χ1n) is 4.94. The topological polar surface area (TPSA) is 38.3 Å². The van der Waals surface area contributed by atoms with Gasteiger partial charge in [-0.25, -0.2) is 0 Å². The van der Waals surface area contributed by atoms with Crippen LogP contribution in [0.25, 0.3) is 0 Å². The molecule has 1 unspecified atom stereocenters. The molecule has 1 N–H and O–H groups in total. The Morgan fingerprint density at radius 3 is 2.77 bits per heavy atom. The van der Waals surface area contributed by atoms with Crippen LogP contribution in [0, 0.1) is 5.92 Å². The lowest BCUT2D eigenvalue weighted by Crippen LogP contribution is -2.31. The van der Waals surface area contributed by atoms with Crippen LogP contribution < -0.4 is 5.32 Å². The zero-order valence-corrected chi connectivity index (χ0v) is 8.72. The molecule has 3 nitrogen and oxygen atoms in total. The normalized spacial score (nSPS) is 25.9. The highest BCUT2D eigenvalue weighted by Gasteiger charge is 2.31.